The molecule has 0 unspecified atom stereocenters. The van der Waals surface area contributed by atoms with Crippen LogP contribution in [-0.2, 0) is 0 Å². The second kappa shape index (κ2) is 4.45. The quantitative estimate of drug-likeness (QED) is 0.798. The Balaban J connectivity index is 1.51. The van der Waals surface area contributed by atoms with Crippen LogP contribution in [0, 0.1) is 11.2 Å². The summed E-state index contributed by atoms with van der Waals surface area (Å²) in [5.74, 6) is -0.679. The standard InChI is InChI=1S/C15H15ClFN3O/c16-10-1-2-11-9(13(10)17)3-12(20-11)14(21)19-8-4-15(5-8)6-18-7-15/h1-3,8,18,20H,4-7H2,(H,19,21). The van der Waals surface area contributed by atoms with Crippen LogP contribution in [-0.4, -0.2) is 30.0 Å². The van der Waals surface area contributed by atoms with E-state index in [0.29, 0.717) is 22.0 Å². The smallest absolute Gasteiger partial charge is 0.267 e. The van der Waals surface area contributed by atoms with Crippen molar-refractivity contribution >= 4 is 28.4 Å². The van der Waals surface area contributed by atoms with Crippen molar-refractivity contribution in [3.05, 3.63) is 34.7 Å². The molecule has 2 heterocycles. The molecule has 0 radical (unpaired) electrons. The van der Waals surface area contributed by atoms with Gasteiger partial charge in [0.1, 0.15) is 5.69 Å². The lowest BCUT2D eigenvalue weighted by Gasteiger charge is -2.54. The molecule has 6 heteroatoms. The van der Waals surface area contributed by atoms with Gasteiger partial charge >= 0.3 is 0 Å². The molecule has 1 saturated carbocycles. The van der Waals surface area contributed by atoms with Crippen LogP contribution in [0.4, 0.5) is 4.39 Å². The van der Waals surface area contributed by atoms with E-state index in [9.17, 15) is 9.18 Å². The number of rotatable bonds is 2. The van der Waals surface area contributed by atoms with E-state index in [-0.39, 0.29) is 17.0 Å². The summed E-state index contributed by atoms with van der Waals surface area (Å²) < 4.78 is 13.9. The van der Waals surface area contributed by atoms with Gasteiger partial charge < -0.3 is 15.6 Å². The Kier molecular flexibility index (Phi) is 2.78. The minimum absolute atomic E-state index is 0.0619. The number of carbonyl (C=O) groups is 1. The van der Waals surface area contributed by atoms with Crippen molar-refractivity contribution in [2.24, 2.45) is 5.41 Å². The van der Waals surface area contributed by atoms with Gasteiger partial charge in [-0.2, -0.15) is 0 Å². The monoisotopic (exact) mass is 307 g/mol. The summed E-state index contributed by atoms with van der Waals surface area (Å²) in [5.41, 5.74) is 1.37. The number of benzene rings is 1. The molecule has 1 aromatic heterocycles. The Bertz CT molecular complexity index is 730. The number of aromatic amines is 1. The largest absolute Gasteiger partial charge is 0.350 e. The molecule has 1 aliphatic carbocycles. The van der Waals surface area contributed by atoms with Gasteiger partial charge in [-0.05, 0) is 36.5 Å². The van der Waals surface area contributed by atoms with Gasteiger partial charge in [-0.3, -0.25) is 4.79 Å². The van der Waals surface area contributed by atoms with Gasteiger partial charge in [-0.15, -0.1) is 0 Å². The van der Waals surface area contributed by atoms with Crippen LogP contribution < -0.4 is 10.6 Å². The number of halogens is 2. The van der Waals surface area contributed by atoms with Crippen molar-refractivity contribution in [1.29, 1.82) is 0 Å². The zero-order chi connectivity index (χ0) is 14.6. The molecule has 110 valence electrons. The highest BCUT2D eigenvalue weighted by Gasteiger charge is 2.48. The molecule has 2 aromatic rings. The molecule has 1 aromatic carbocycles. The highest BCUT2D eigenvalue weighted by Crippen LogP contribution is 2.44. The van der Waals surface area contributed by atoms with Crippen molar-refractivity contribution in [2.45, 2.75) is 18.9 Å². The zero-order valence-electron chi connectivity index (χ0n) is 11.3. The molecule has 1 saturated heterocycles. The van der Waals surface area contributed by atoms with E-state index in [1.165, 1.54) is 12.1 Å². The van der Waals surface area contributed by atoms with Gasteiger partial charge in [0.05, 0.1) is 5.02 Å². The first-order chi connectivity index (χ1) is 10.1. The molecule has 21 heavy (non-hydrogen) atoms. The second-order valence-corrected chi connectivity index (χ2v) is 6.60. The number of aromatic nitrogens is 1. The van der Waals surface area contributed by atoms with E-state index < -0.39 is 5.82 Å². The van der Waals surface area contributed by atoms with Gasteiger partial charge in [-0.25, -0.2) is 4.39 Å². The van der Waals surface area contributed by atoms with Crippen LogP contribution in [0.1, 0.15) is 23.3 Å². The Labute approximate surface area is 126 Å². The van der Waals surface area contributed by atoms with Crippen molar-refractivity contribution < 1.29 is 9.18 Å². The first-order valence-electron chi connectivity index (χ1n) is 7.05. The van der Waals surface area contributed by atoms with Gasteiger partial charge in [0.2, 0.25) is 0 Å². The Hall–Kier alpha value is -1.59. The van der Waals surface area contributed by atoms with Crippen molar-refractivity contribution in [3.8, 4) is 0 Å². The molecule has 4 rings (SSSR count). The highest BCUT2D eigenvalue weighted by atomic mass is 35.5. The third kappa shape index (κ3) is 2.03. The van der Waals surface area contributed by atoms with Crippen LogP contribution >= 0.6 is 11.6 Å². The van der Waals surface area contributed by atoms with E-state index in [1.807, 2.05) is 0 Å². The number of nitrogens with one attached hydrogen (secondary N) is 3. The number of fused-ring (bicyclic) bond motifs is 1. The van der Waals surface area contributed by atoms with Gasteiger partial charge in [-0.1, -0.05) is 11.6 Å². The van der Waals surface area contributed by atoms with Gasteiger partial charge in [0.15, 0.2) is 5.82 Å². The van der Waals surface area contributed by atoms with Crippen molar-refractivity contribution in [1.82, 2.24) is 15.6 Å². The van der Waals surface area contributed by atoms with E-state index in [4.69, 9.17) is 11.6 Å². The number of hydrogen-bond acceptors (Lipinski definition) is 2. The lowest BCUT2D eigenvalue weighted by molar-refractivity contribution is 0.0231. The minimum atomic E-state index is -0.493. The predicted molar refractivity (Wildman–Crippen MR) is 79.1 cm³/mol. The number of amides is 1. The average molecular weight is 308 g/mol. The summed E-state index contributed by atoms with van der Waals surface area (Å²) in [6.45, 7) is 2.10. The summed E-state index contributed by atoms with van der Waals surface area (Å²) in [7, 11) is 0. The summed E-state index contributed by atoms with van der Waals surface area (Å²) in [6, 6.07) is 4.90. The molecule has 0 bridgehead atoms. The minimum Gasteiger partial charge on any atom is -0.350 e. The van der Waals surface area contributed by atoms with E-state index in [1.54, 1.807) is 6.07 Å². The molecule has 2 aliphatic rings. The van der Waals surface area contributed by atoms with E-state index >= 15 is 0 Å². The number of hydrogen-bond donors (Lipinski definition) is 3. The summed E-state index contributed by atoms with van der Waals surface area (Å²) in [4.78, 5) is 15.2. The molecule has 1 amide bonds. The maximum atomic E-state index is 13.9. The first kappa shape index (κ1) is 13.1. The Morgan fingerprint density at radius 3 is 2.81 bits per heavy atom. The average Bonchev–Trinajstić information content (AvgIpc) is 2.80. The van der Waals surface area contributed by atoms with E-state index in [0.717, 1.165) is 25.9 Å². The van der Waals surface area contributed by atoms with Crippen LogP contribution in [0.25, 0.3) is 10.9 Å². The maximum Gasteiger partial charge on any atom is 0.267 e. The fourth-order valence-electron chi connectivity index (χ4n) is 3.38. The topological polar surface area (TPSA) is 56.9 Å². The third-order valence-electron chi connectivity index (χ3n) is 4.63. The predicted octanol–water partition coefficient (Wildman–Crippen LogP) is 2.44. The highest BCUT2D eigenvalue weighted by molar-refractivity contribution is 6.31. The molecule has 3 N–H and O–H groups in total. The van der Waals surface area contributed by atoms with Gasteiger partial charge in [0.25, 0.3) is 5.91 Å². The zero-order valence-corrected chi connectivity index (χ0v) is 12.1. The normalized spacial score (nSPS) is 20.3. The lowest BCUT2D eigenvalue weighted by Crippen LogP contribution is -2.65. The fourth-order valence-corrected chi connectivity index (χ4v) is 3.55. The molecule has 1 spiro atoms. The van der Waals surface area contributed by atoms with Gasteiger partial charge in [0, 0.05) is 30.0 Å². The second-order valence-electron chi connectivity index (χ2n) is 6.19. The number of carbonyl (C=O) groups excluding carboxylic acids is 1. The van der Waals surface area contributed by atoms with Crippen LogP contribution in [0.15, 0.2) is 18.2 Å². The van der Waals surface area contributed by atoms with Crippen LogP contribution in [0.5, 0.6) is 0 Å². The molecular formula is C15H15ClFN3O. The first-order valence-corrected chi connectivity index (χ1v) is 7.42. The molecule has 0 atom stereocenters. The maximum absolute atomic E-state index is 13.9. The SMILES string of the molecule is O=C(NC1CC2(CNC2)C1)c1cc2c(F)c(Cl)ccc2[nH]1. The molecular weight excluding hydrogens is 293 g/mol. The van der Waals surface area contributed by atoms with Crippen LogP contribution in [0.2, 0.25) is 5.02 Å². The molecule has 1 aliphatic heterocycles. The molecule has 2 fully saturated rings. The fraction of sp³-hybridized carbons (Fsp3) is 0.400. The Morgan fingerprint density at radius 2 is 2.14 bits per heavy atom. The van der Waals surface area contributed by atoms with Crippen LogP contribution in [0.3, 0.4) is 0 Å². The third-order valence-corrected chi connectivity index (χ3v) is 4.92. The summed E-state index contributed by atoms with van der Waals surface area (Å²) in [6.07, 6.45) is 2.04. The summed E-state index contributed by atoms with van der Waals surface area (Å²) in [5, 5.41) is 6.67. The Morgan fingerprint density at radius 1 is 1.38 bits per heavy atom. The van der Waals surface area contributed by atoms with Crippen molar-refractivity contribution in [3.63, 3.8) is 0 Å². The van der Waals surface area contributed by atoms with Crippen molar-refractivity contribution in [2.75, 3.05) is 13.1 Å². The lowest BCUT2D eigenvalue weighted by atomic mass is 9.61. The molecule has 4 nitrogen and oxygen atoms in total. The number of H-pyrrole nitrogens is 1. The summed E-state index contributed by atoms with van der Waals surface area (Å²) >= 11 is 5.75. The van der Waals surface area contributed by atoms with E-state index in [2.05, 4.69) is 15.6 Å².